The van der Waals surface area contributed by atoms with Crippen LogP contribution in [0.15, 0.2) is 249 Å². The smallest absolute Gasteiger partial charge is 0.252 e. The van der Waals surface area contributed by atoms with Gasteiger partial charge in [-0.25, -0.2) is 0 Å². The summed E-state index contributed by atoms with van der Waals surface area (Å²) >= 11 is 0. The van der Waals surface area contributed by atoms with Gasteiger partial charge < -0.3 is 19.6 Å². The van der Waals surface area contributed by atoms with Crippen LogP contribution < -0.4 is 52.4 Å². The maximum atomic E-state index is 2.57. The molecule has 0 bridgehead atoms. The van der Waals surface area contributed by atoms with Crippen LogP contribution in [0, 0.1) is 48.5 Å². The number of benzene rings is 12. The molecule has 0 unspecified atom stereocenters. The number of hydrogen-bond acceptors (Lipinski definition) is 4. The van der Waals surface area contributed by atoms with Crippen molar-refractivity contribution in [3.8, 4) is 33.4 Å². The average molecular weight is 1090 g/mol. The molecule has 12 aromatic carbocycles. The topological polar surface area (TPSA) is 13.0 Å². The quantitative estimate of drug-likeness (QED) is 0.147. The number of hydrogen-bond donors (Lipinski definition) is 0. The van der Waals surface area contributed by atoms with Crippen LogP contribution in [0.4, 0.5) is 68.2 Å². The molecular formula is C79H62B2N4. The van der Waals surface area contributed by atoms with Crippen LogP contribution in [-0.4, -0.2) is 13.4 Å². The van der Waals surface area contributed by atoms with Crippen LogP contribution in [0.3, 0.4) is 0 Å². The van der Waals surface area contributed by atoms with E-state index in [0.717, 1.165) is 22.7 Å². The fraction of sp³-hybridized carbons (Fsp3) is 0.0886. The molecule has 0 fully saturated rings. The first-order valence-electron chi connectivity index (χ1n) is 30.0. The number of para-hydroxylation sites is 4. The van der Waals surface area contributed by atoms with Crippen molar-refractivity contribution in [1.29, 1.82) is 0 Å². The molecule has 0 aromatic heterocycles. The summed E-state index contributed by atoms with van der Waals surface area (Å²) in [5, 5.41) is 0. The lowest BCUT2D eigenvalue weighted by molar-refractivity contribution is 1.24. The lowest BCUT2D eigenvalue weighted by atomic mass is 9.32. The molecule has 4 heterocycles. The minimum Gasteiger partial charge on any atom is -0.311 e. The first-order chi connectivity index (χ1) is 41.6. The number of fused-ring (bicyclic) bond motifs is 8. The van der Waals surface area contributed by atoms with E-state index in [-0.39, 0.29) is 13.4 Å². The molecule has 6 heteroatoms. The van der Waals surface area contributed by atoms with Crippen molar-refractivity contribution in [3.05, 3.63) is 288 Å². The predicted molar refractivity (Wildman–Crippen MR) is 364 cm³/mol. The van der Waals surface area contributed by atoms with Gasteiger partial charge in [0.05, 0.1) is 0 Å². The normalized spacial score (nSPS) is 13.2. The molecule has 12 aromatic rings. The summed E-state index contributed by atoms with van der Waals surface area (Å²) in [6, 6.07) is 93.7. The largest absolute Gasteiger partial charge is 0.311 e. The highest BCUT2D eigenvalue weighted by Gasteiger charge is 2.46. The zero-order valence-electron chi connectivity index (χ0n) is 49.1. The number of anilines is 12. The maximum Gasteiger partial charge on any atom is 0.252 e. The first-order valence-corrected chi connectivity index (χ1v) is 30.0. The highest BCUT2D eigenvalue weighted by Crippen LogP contribution is 2.50. The van der Waals surface area contributed by atoms with Gasteiger partial charge in [-0.3, -0.25) is 0 Å². The third-order valence-electron chi connectivity index (χ3n) is 18.7. The summed E-state index contributed by atoms with van der Waals surface area (Å²) in [7, 11) is 0. The summed E-state index contributed by atoms with van der Waals surface area (Å²) in [5.74, 6) is 0. The van der Waals surface area contributed by atoms with Crippen LogP contribution >= 0.6 is 0 Å². The molecule has 16 rings (SSSR count). The van der Waals surface area contributed by atoms with Gasteiger partial charge in [0.15, 0.2) is 0 Å². The molecule has 0 saturated heterocycles. The zero-order valence-corrected chi connectivity index (χ0v) is 49.1. The highest BCUT2D eigenvalue weighted by atomic mass is 15.2. The van der Waals surface area contributed by atoms with Crippen LogP contribution in [0.2, 0.25) is 0 Å². The van der Waals surface area contributed by atoms with Gasteiger partial charge in [0.1, 0.15) is 0 Å². The van der Waals surface area contributed by atoms with Gasteiger partial charge >= 0.3 is 0 Å². The van der Waals surface area contributed by atoms with Gasteiger partial charge in [-0.15, -0.1) is 0 Å². The Morgan fingerprint density at radius 3 is 1.04 bits per heavy atom. The van der Waals surface area contributed by atoms with Crippen LogP contribution in [-0.2, 0) is 0 Å². The van der Waals surface area contributed by atoms with Crippen molar-refractivity contribution in [3.63, 3.8) is 0 Å². The van der Waals surface area contributed by atoms with E-state index in [9.17, 15) is 0 Å². The molecule has 0 spiro atoms. The Bertz CT molecular complexity index is 4690. The predicted octanol–water partition coefficient (Wildman–Crippen LogP) is 17.0. The molecule has 4 aliphatic heterocycles. The molecule has 0 amide bonds. The van der Waals surface area contributed by atoms with Gasteiger partial charge in [-0.1, -0.05) is 163 Å². The maximum absolute atomic E-state index is 2.57. The van der Waals surface area contributed by atoms with Crippen LogP contribution in [0.1, 0.15) is 38.9 Å². The van der Waals surface area contributed by atoms with Gasteiger partial charge in [0.25, 0.3) is 13.4 Å². The molecule has 4 nitrogen and oxygen atoms in total. The Labute approximate surface area is 500 Å². The Balaban J connectivity index is 0.845. The van der Waals surface area contributed by atoms with E-state index in [2.05, 4.69) is 317 Å². The van der Waals surface area contributed by atoms with Crippen molar-refractivity contribution in [1.82, 2.24) is 0 Å². The molecule has 0 aliphatic carbocycles. The molecule has 85 heavy (non-hydrogen) atoms. The van der Waals surface area contributed by atoms with E-state index in [1.165, 1.54) is 151 Å². The van der Waals surface area contributed by atoms with Crippen LogP contribution in [0.25, 0.3) is 33.4 Å². The summed E-state index contributed by atoms with van der Waals surface area (Å²) in [6.45, 7) is 15.9. The second-order valence-electron chi connectivity index (χ2n) is 24.1. The Morgan fingerprint density at radius 1 is 0.235 bits per heavy atom. The van der Waals surface area contributed by atoms with Crippen molar-refractivity contribution in [2.75, 3.05) is 19.6 Å². The van der Waals surface area contributed by atoms with Crippen LogP contribution in [0.5, 0.6) is 0 Å². The molecular weight excluding hydrogens is 1030 g/mol. The first kappa shape index (κ1) is 50.7. The monoisotopic (exact) mass is 1090 g/mol. The van der Waals surface area contributed by atoms with Crippen molar-refractivity contribution < 1.29 is 0 Å². The second-order valence-corrected chi connectivity index (χ2v) is 24.1. The van der Waals surface area contributed by atoms with Crippen molar-refractivity contribution in [2.45, 2.75) is 48.5 Å². The zero-order chi connectivity index (χ0) is 57.4. The standard InChI is InChI=1S/C79H62B2N4/c1-49-41-54(6)76-69(43-49)84(61-26-12-9-13-27-61)72-46-58(64-28-15-14-21-51(64)3)45-71-78(72)80(76)66-30-17-19-32-68(66)83(71)62-37-33-56(34-38-62)57-35-39-63(40-36-57)85-70-44-50(2)42-55(7)77(70)81-65-29-16-18-31-67(65)82(60-24-10-8-11-25-60)73-47-59(48-74(85)79(73)81)75-52(4)22-20-23-53(75)5/h8-48H,1-7H3. The number of aryl methyl sites for hydroxylation is 7. The van der Waals surface area contributed by atoms with E-state index in [1.54, 1.807) is 0 Å². The second kappa shape index (κ2) is 19.5. The number of rotatable bonds is 7. The summed E-state index contributed by atoms with van der Waals surface area (Å²) < 4.78 is 0. The molecule has 404 valence electrons. The van der Waals surface area contributed by atoms with E-state index >= 15 is 0 Å². The summed E-state index contributed by atoms with van der Waals surface area (Å²) in [4.78, 5) is 10.1. The lowest BCUT2D eigenvalue weighted by Gasteiger charge is -2.45. The highest BCUT2D eigenvalue weighted by molar-refractivity contribution is 7.01. The third-order valence-corrected chi connectivity index (χ3v) is 18.7. The number of nitrogens with zero attached hydrogens (tertiary/aromatic N) is 4. The fourth-order valence-electron chi connectivity index (χ4n) is 15.3. The molecule has 0 N–H and O–H groups in total. The minimum absolute atomic E-state index is 0.0398. The fourth-order valence-corrected chi connectivity index (χ4v) is 15.3. The minimum atomic E-state index is 0.0398. The van der Waals surface area contributed by atoms with Crippen molar-refractivity contribution in [2.24, 2.45) is 0 Å². The van der Waals surface area contributed by atoms with Gasteiger partial charge in [-0.2, -0.15) is 0 Å². The molecule has 4 aliphatic rings. The van der Waals surface area contributed by atoms with E-state index in [4.69, 9.17) is 0 Å². The van der Waals surface area contributed by atoms with E-state index in [1.807, 2.05) is 0 Å². The molecule has 0 atom stereocenters. The third kappa shape index (κ3) is 7.85. The molecule has 0 saturated carbocycles. The summed E-state index contributed by atoms with van der Waals surface area (Å²) in [6.07, 6.45) is 0. The Kier molecular flexibility index (Phi) is 11.7. The Hall–Kier alpha value is -10.0. The average Bonchev–Trinajstić information content (AvgIpc) is 0.758. The van der Waals surface area contributed by atoms with E-state index in [0.29, 0.717) is 0 Å². The van der Waals surface area contributed by atoms with Crippen molar-refractivity contribution >= 4 is 114 Å². The molecule has 0 radical (unpaired) electrons. The van der Waals surface area contributed by atoms with E-state index < -0.39 is 0 Å². The SMILES string of the molecule is Cc1cc(C)c2c(c1)N(c1ccccc1)c1cc(-c3ccccc3C)cc3c1B2c1ccccc1N3c1ccc(-c2ccc(N3c4cc(C)cc(C)c4B4c5ccccc5N(c5ccccc5)c5cc(-c6c(C)cccc6C)cc3c54)cc2)cc1. The van der Waals surface area contributed by atoms with Gasteiger partial charge in [0.2, 0.25) is 0 Å². The van der Waals surface area contributed by atoms with Gasteiger partial charge in [0, 0.05) is 68.2 Å². The summed E-state index contributed by atoms with van der Waals surface area (Å²) in [5.41, 5.74) is 38.5. The lowest BCUT2D eigenvalue weighted by Crippen LogP contribution is -2.62. The Morgan fingerprint density at radius 2 is 0.588 bits per heavy atom. The van der Waals surface area contributed by atoms with Gasteiger partial charge in [-0.05, 0) is 240 Å².